The SMILES string of the molecule is FC(F)(F)Oc1cccc(Oc2c[c]ccc2)c1. The molecule has 2 rings (SSSR count). The van der Waals surface area contributed by atoms with Crippen LogP contribution >= 0.6 is 0 Å². The molecule has 0 fully saturated rings. The standard InChI is InChI=1S/C13H8F3O2/c14-13(15,16)18-12-8-4-7-11(9-12)17-10-5-2-1-3-6-10/h1-2,4-9H. The van der Waals surface area contributed by atoms with Gasteiger partial charge in [0.05, 0.1) is 0 Å². The van der Waals surface area contributed by atoms with Crippen molar-refractivity contribution in [2.24, 2.45) is 0 Å². The predicted molar refractivity (Wildman–Crippen MR) is 58.5 cm³/mol. The number of halogens is 3. The van der Waals surface area contributed by atoms with E-state index in [0.717, 1.165) is 0 Å². The number of benzene rings is 2. The van der Waals surface area contributed by atoms with Crippen molar-refractivity contribution in [3.63, 3.8) is 0 Å². The Morgan fingerprint density at radius 1 is 0.944 bits per heavy atom. The van der Waals surface area contributed by atoms with Gasteiger partial charge in [0, 0.05) is 6.07 Å². The molecule has 2 aromatic carbocycles. The van der Waals surface area contributed by atoms with E-state index in [1.54, 1.807) is 24.3 Å². The lowest BCUT2D eigenvalue weighted by molar-refractivity contribution is -0.274. The molecule has 93 valence electrons. The van der Waals surface area contributed by atoms with Gasteiger partial charge >= 0.3 is 6.36 Å². The number of hydrogen-bond acceptors (Lipinski definition) is 2. The Morgan fingerprint density at radius 3 is 2.33 bits per heavy atom. The number of rotatable bonds is 3. The molecule has 2 aromatic rings. The van der Waals surface area contributed by atoms with Crippen LogP contribution in [0.4, 0.5) is 13.2 Å². The lowest BCUT2D eigenvalue weighted by Gasteiger charge is -2.10. The average Bonchev–Trinajstić information content (AvgIpc) is 2.28. The Hall–Kier alpha value is -2.17. The predicted octanol–water partition coefficient (Wildman–Crippen LogP) is 4.18. The maximum Gasteiger partial charge on any atom is 0.573 e. The molecule has 0 amide bonds. The molecular weight excluding hydrogens is 245 g/mol. The molecule has 5 heteroatoms. The zero-order valence-corrected chi connectivity index (χ0v) is 9.07. The van der Waals surface area contributed by atoms with Crippen LogP contribution in [0.15, 0.2) is 48.5 Å². The van der Waals surface area contributed by atoms with E-state index >= 15 is 0 Å². The Balaban J connectivity index is 2.13. The molecule has 1 radical (unpaired) electrons. The monoisotopic (exact) mass is 253 g/mol. The summed E-state index contributed by atoms with van der Waals surface area (Å²) >= 11 is 0. The van der Waals surface area contributed by atoms with E-state index in [9.17, 15) is 13.2 Å². The summed E-state index contributed by atoms with van der Waals surface area (Å²) in [5.41, 5.74) is 0. The zero-order valence-electron chi connectivity index (χ0n) is 9.07. The summed E-state index contributed by atoms with van der Waals surface area (Å²) in [4.78, 5) is 0. The third-order valence-electron chi connectivity index (χ3n) is 1.95. The van der Waals surface area contributed by atoms with Gasteiger partial charge in [-0.2, -0.15) is 0 Å². The van der Waals surface area contributed by atoms with Gasteiger partial charge in [-0.25, -0.2) is 0 Å². The first kappa shape index (κ1) is 12.3. The molecule has 0 saturated carbocycles. The topological polar surface area (TPSA) is 18.5 Å². The number of alkyl halides is 3. The van der Waals surface area contributed by atoms with E-state index in [1.165, 1.54) is 24.3 Å². The van der Waals surface area contributed by atoms with E-state index in [2.05, 4.69) is 10.8 Å². The quantitative estimate of drug-likeness (QED) is 0.817. The van der Waals surface area contributed by atoms with Gasteiger partial charge in [0.15, 0.2) is 0 Å². The Bertz CT molecular complexity index is 509. The van der Waals surface area contributed by atoms with Crippen molar-refractivity contribution in [3.8, 4) is 17.2 Å². The summed E-state index contributed by atoms with van der Waals surface area (Å²) in [6, 6.07) is 14.8. The molecule has 0 unspecified atom stereocenters. The van der Waals surface area contributed by atoms with Crippen molar-refractivity contribution >= 4 is 0 Å². The molecular formula is C13H8F3O2. The normalized spacial score (nSPS) is 11.1. The second-order valence-corrected chi connectivity index (χ2v) is 3.36. The van der Waals surface area contributed by atoms with Gasteiger partial charge in [-0.05, 0) is 30.3 Å². The molecule has 0 aliphatic carbocycles. The maximum atomic E-state index is 12.0. The van der Waals surface area contributed by atoms with Crippen LogP contribution in [0.3, 0.4) is 0 Å². The van der Waals surface area contributed by atoms with E-state index in [-0.39, 0.29) is 11.5 Å². The minimum atomic E-state index is -4.71. The smallest absolute Gasteiger partial charge is 0.457 e. The molecule has 18 heavy (non-hydrogen) atoms. The summed E-state index contributed by atoms with van der Waals surface area (Å²) in [5, 5.41) is 0. The van der Waals surface area contributed by atoms with Gasteiger partial charge in [-0.15, -0.1) is 13.2 Å². The molecule has 0 saturated heterocycles. The van der Waals surface area contributed by atoms with Gasteiger partial charge < -0.3 is 9.47 Å². The molecule has 0 bridgehead atoms. The van der Waals surface area contributed by atoms with Crippen LogP contribution < -0.4 is 9.47 Å². The Morgan fingerprint density at radius 2 is 1.67 bits per heavy atom. The number of ether oxygens (including phenoxy) is 2. The third-order valence-corrected chi connectivity index (χ3v) is 1.95. The van der Waals surface area contributed by atoms with Gasteiger partial charge in [0.2, 0.25) is 0 Å². The highest BCUT2D eigenvalue weighted by molar-refractivity contribution is 5.36. The van der Waals surface area contributed by atoms with Crippen molar-refractivity contribution in [1.29, 1.82) is 0 Å². The fourth-order valence-corrected chi connectivity index (χ4v) is 1.31. The van der Waals surface area contributed by atoms with Crippen LogP contribution in [0.1, 0.15) is 0 Å². The van der Waals surface area contributed by atoms with Crippen molar-refractivity contribution < 1.29 is 22.6 Å². The molecule has 2 nitrogen and oxygen atoms in total. The van der Waals surface area contributed by atoms with Crippen molar-refractivity contribution in [1.82, 2.24) is 0 Å². The molecule has 0 spiro atoms. The first-order chi connectivity index (χ1) is 8.53. The average molecular weight is 253 g/mol. The number of hydrogen-bond donors (Lipinski definition) is 0. The van der Waals surface area contributed by atoms with Gasteiger partial charge in [-0.1, -0.05) is 18.2 Å². The highest BCUT2D eigenvalue weighted by Crippen LogP contribution is 2.28. The lowest BCUT2D eigenvalue weighted by atomic mass is 10.3. The van der Waals surface area contributed by atoms with E-state index < -0.39 is 6.36 Å². The van der Waals surface area contributed by atoms with E-state index in [4.69, 9.17) is 4.74 Å². The van der Waals surface area contributed by atoms with Crippen LogP contribution in [-0.4, -0.2) is 6.36 Å². The second-order valence-electron chi connectivity index (χ2n) is 3.36. The van der Waals surface area contributed by atoms with Crippen molar-refractivity contribution in [2.45, 2.75) is 6.36 Å². The van der Waals surface area contributed by atoms with E-state index in [1.807, 2.05) is 0 Å². The second kappa shape index (κ2) is 5.00. The molecule has 0 aliphatic heterocycles. The minimum absolute atomic E-state index is 0.261. The van der Waals surface area contributed by atoms with Crippen LogP contribution in [0, 0.1) is 6.07 Å². The zero-order chi connectivity index (χ0) is 13.0. The highest BCUT2D eigenvalue weighted by Gasteiger charge is 2.31. The highest BCUT2D eigenvalue weighted by atomic mass is 19.4. The summed E-state index contributed by atoms with van der Waals surface area (Å²) in [7, 11) is 0. The minimum Gasteiger partial charge on any atom is -0.457 e. The molecule has 0 N–H and O–H groups in total. The van der Waals surface area contributed by atoms with Gasteiger partial charge in [-0.3, -0.25) is 0 Å². The van der Waals surface area contributed by atoms with Crippen LogP contribution in [-0.2, 0) is 0 Å². The first-order valence-electron chi connectivity index (χ1n) is 5.03. The molecule has 0 aliphatic rings. The largest absolute Gasteiger partial charge is 0.573 e. The van der Waals surface area contributed by atoms with Crippen molar-refractivity contribution in [3.05, 3.63) is 54.6 Å². The first-order valence-corrected chi connectivity index (χ1v) is 5.03. The van der Waals surface area contributed by atoms with E-state index in [0.29, 0.717) is 5.75 Å². The van der Waals surface area contributed by atoms with Crippen LogP contribution in [0.25, 0.3) is 0 Å². The summed E-state index contributed by atoms with van der Waals surface area (Å²) in [6.45, 7) is 0. The molecule has 0 aromatic heterocycles. The van der Waals surface area contributed by atoms with Crippen molar-refractivity contribution in [2.75, 3.05) is 0 Å². The summed E-state index contributed by atoms with van der Waals surface area (Å²) in [6.07, 6.45) is -4.71. The summed E-state index contributed by atoms with van der Waals surface area (Å²) in [5.74, 6) is 0.429. The fraction of sp³-hybridized carbons (Fsp3) is 0.0769. The summed E-state index contributed by atoms with van der Waals surface area (Å²) < 4.78 is 45.2. The third kappa shape index (κ3) is 3.69. The van der Waals surface area contributed by atoms with Gasteiger partial charge in [0.1, 0.15) is 17.2 Å². The Kier molecular flexibility index (Phi) is 3.41. The van der Waals surface area contributed by atoms with Crippen LogP contribution in [0.5, 0.6) is 17.2 Å². The maximum absolute atomic E-state index is 12.0. The molecule has 0 atom stereocenters. The lowest BCUT2D eigenvalue weighted by Crippen LogP contribution is -2.16. The van der Waals surface area contributed by atoms with Crippen LogP contribution in [0.2, 0.25) is 0 Å². The van der Waals surface area contributed by atoms with Gasteiger partial charge in [0.25, 0.3) is 0 Å². The Labute approximate surface area is 102 Å². The molecule has 0 heterocycles. The fourth-order valence-electron chi connectivity index (χ4n) is 1.31.